The topological polar surface area (TPSA) is 55.4 Å². The van der Waals surface area contributed by atoms with Crippen molar-refractivity contribution in [3.05, 3.63) is 47.5 Å². The predicted molar refractivity (Wildman–Crippen MR) is 122 cm³/mol. The van der Waals surface area contributed by atoms with Crippen LogP contribution in [0.2, 0.25) is 0 Å². The fourth-order valence-electron chi connectivity index (χ4n) is 4.12. The Morgan fingerprint density at radius 1 is 0.677 bits per heavy atom. The minimum absolute atomic E-state index is 0.286. The van der Waals surface area contributed by atoms with Crippen molar-refractivity contribution in [2.24, 2.45) is 0 Å². The van der Waals surface area contributed by atoms with Gasteiger partial charge in [0.2, 0.25) is 0 Å². The molecule has 0 N–H and O–H groups in total. The van der Waals surface area contributed by atoms with Gasteiger partial charge in [-0.2, -0.15) is 0 Å². The molecule has 0 unspecified atom stereocenters. The van der Waals surface area contributed by atoms with Crippen molar-refractivity contribution in [3.63, 3.8) is 0 Å². The number of rotatable bonds is 6. The zero-order valence-corrected chi connectivity index (χ0v) is 18.8. The van der Waals surface area contributed by atoms with Crippen molar-refractivity contribution >= 4 is 25.2 Å². The van der Waals surface area contributed by atoms with Gasteiger partial charge in [-0.1, -0.05) is 38.1 Å². The van der Waals surface area contributed by atoms with Crippen LogP contribution in [0.4, 0.5) is 0 Å². The van der Waals surface area contributed by atoms with Crippen molar-refractivity contribution < 1.29 is 28.1 Å². The quantitative estimate of drug-likeness (QED) is 0.664. The minimum atomic E-state index is -0.407. The van der Waals surface area contributed by atoms with Crippen molar-refractivity contribution in [1.29, 1.82) is 0 Å². The number of benzene rings is 2. The first-order chi connectivity index (χ1) is 15.0. The Morgan fingerprint density at radius 3 is 1.42 bits per heavy atom. The van der Waals surface area contributed by atoms with E-state index in [9.17, 15) is 0 Å². The molecule has 8 heteroatoms. The molecule has 2 aliphatic heterocycles. The summed E-state index contributed by atoms with van der Waals surface area (Å²) in [6.45, 7) is 7.15. The number of hydrogen-bond acceptors (Lipinski definition) is 6. The van der Waals surface area contributed by atoms with E-state index in [2.05, 4.69) is 38.1 Å². The lowest BCUT2D eigenvalue weighted by atomic mass is 9.69. The highest BCUT2D eigenvalue weighted by atomic mass is 16.6. The van der Waals surface area contributed by atoms with Crippen molar-refractivity contribution in [1.82, 2.24) is 0 Å². The van der Waals surface area contributed by atoms with Crippen LogP contribution in [0.1, 0.15) is 37.8 Å². The fourth-order valence-corrected chi connectivity index (χ4v) is 4.12. The first kappa shape index (κ1) is 22.2. The summed E-state index contributed by atoms with van der Waals surface area (Å²) in [5, 5.41) is 0. The molecule has 2 aliphatic rings. The molecular formula is C23H30B2O6. The van der Waals surface area contributed by atoms with Gasteiger partial charge < -0.3 is 28.1 Å². The van der Waals surface area contributed by atoms with Gasteiger partial charge in [0.1, 0.15) is 11.5 Å². The van der Waals surface area contributed by atoms with E-state index in [1.165, 1.54) is 0 Å². The monoisotopic (exact) mass is 424 g/mol. The van der Waals surface area contributed by atoms with Crippen LogP contribution in [0.15, 0.2) is 36.4 Å². The number of methoxy groups -OCH3 is 2. The summed E-state index contributed by atoms with van der Waals surface area (Å²) >= 11 is 0. The van der Waals surface area contributed by atoms with Crippen LogP contribution in [0.3, 0.4) is 0 Å². The second-order valence-corrected chi connectivity index (χ2v) is 8.39. The lowest BCUT2D eigenvalue weighted by Crippen LogP contribution is -2.43. The molecule has 2 heterocycles. The zero-order valence-electron chi connectivity index (χ0n) is 18.8. The van der Waals surface area contributed by atoms with Crippen molar-refractivity contribution in [2.45, 2.75) is 32.1 Å². The van der Waals surface area contributed by atoms with Gasteiger partial charge in [-0.3, -0.25) is 0 Å². The van der Waals surface area contributed by atoms with Gasteiger partial charge in [0.15, 0.2) is 0 Å². The van der Waals surface area contributed by atoms with E-state index < -0.39 is 14.2 Å². The average molecular weight is 424 g/mol. The molecule has 6 nitrogen and oxygen atoms in total. The summed E-state index contributed by atoms with van der Waals surface area (Å²) in [4.78, 5) is 0. The predicted octanol–water partition coefficient (Wildman–Crippen LogP) is 2.29. The van der Waals surface area contributed by atoms with Crippen LogP contribution in [-0.4, -0.2) is 54.9 Å². The second-order valence-electron chi connectivity index (χ2n) is 8.39. The summed E-state index contributed by atoms with van der Waals surface area (Å²) in [5.74, 6) is 1.54. The van der Waals surface area contributed by atoms with Crippen LogP contribution in [0.25, 0.3) is 0 Å². The molecule has 0 radical (unpaired) electrons. The second kappa shape index (κ2) is 9.65. The van der Waals surface area contributed by atoms with Gasteiger partial charge >= 0.3 is 14.2 Å². The third-order valence-corrected chi connectivity index (χ3v) is 6.06. The Morgan fingerprint density at radius 2 is 1.06 bits per heavy atom. The highest BCUT2D eigenvalue weighted by molar-refractivity contribution is 6.63. The molecule has 0 bridgehead atoms. The van der Waals surface area contributed by atoms with Crippen molar-refractivity contribution in [2.75, 3.05) is 40.6 Å². The van der Waals surface area contributed by atoms with E-state index in [1.807, 2.05) is 12.1 Å². The van der Waals surface area contributed by atoms with Gasteiger partial charge in [-0.25, -0.2) is 0 Å². The van der Waals surface area contributed by atoms with E-state index >= 15 is 0 Å². The van der Waals surface area contributed by atoms with Gasteiger partial charge in [-0.15, -0.1) is 0 Å². The maximum absolute atomic E-state index is 5.86. The average Bonchev–Trinajstić information content (AvgIpc) is 2.84. The fraction of sp³-hybridized carbons (Fsp3) is 0.478. The molecular weight excluding hydrogens is 394 g/mol. The maximum Gasteiger partial charge on any atom is 0.497 e. The Labute approximate surface area is 185 Å². The molecule has 31 heavy (non-hydrogen) atoms. The summed E-state index contributed by atoms with van der Waals surface area (Å²) in [6, 6.07) is 12.4. The third kappa shape index (κ3) is 4.62. The smallest absolute Gasteiger partial charge is 0.497 e. The Hall–Kier alpha value is -1.99. The molecule has 2 aromatic rings. The standard InChI is InChI=1S/C23H30B2O6/c1-23(2,17-7-9-21(26-3)19(15-17)24-28-11-5-12-29-24)18-8-10-22(27-4)20(16-18)25-30-13-6-14-31-25/h7-10,15-16H,5-6,11-14H2,1-4H3. The van der Waals surface area contributed by atoms with Crippen LogP contribution in [0, 0.1) is 0 Å². The molecule has 0 aliphatic carbocycles. The lowest BCUT2D eigenvalue weighted by Gasteiger charge is -2.30. The molecule has 164 valence electrons. The molecule has 0 aromatic heterocycles. The number of hydrogen-bond donors (Lipinski definition) is 0. The molecule has 0 atom stereocenters. The molecule has 4 rings (SSSR count). The highest BCUT2D eigenvalue weighted by Gasteiger charge is 2.33. The van der Waals surface area contributed by atoms with Crippen molar-refractivity contribution in [3.8, 4) is 11.5 Å². The Balaban J connectivity index is 1.70. The normalized spacial score (nSPS) is 17.5. The molecule has 0 amide bonds. The van der Waals surface area contributed by atoms with Crippen LogP contribution < -0.4 is 20.4 Å². The molecule has 2 aromatic carbocycles. The largest absolute Gasteiger partial charge is 0.497 e. The molecule has 0 spiro atoms. The van der Waals surface area contributed by atoms with Crippen LogP contribution >= 0.6 is 0 Å². The molecule has 2 saturated heterocycles. The first-order valence-electron chi connectivity index (χ1n) is 10.9. The van der Waals surface area contributed by atoms with Gasteiger partial charge in [-0.05, 0) is 36.1 Å². The van der Waals surface area contributed by atoms with E-state index in [4.69, 9.17) is 28.1 Å². The Kier molecular flexibility index (Phi) is 6.92. The zero-order chi connectivity index (χ0) is 21.8. The summed E-state index contributed by atoms with van der Waals surface area (Å²) < 4.78 is 34.6. The highest BCUT2D eigenvalue weighted by Crippen LogP contribution is 2.33. The molecule has 0 saturated carbocycles. The number of ether oxygens (including phenoxy) is 2. The van der Waals surface area contributed by atoms with E-state index in [0.717, 1.165) is 46.4 Å². The van der Waals surface area contributed by atoms with Crippen LogP contribution in [-0.2, 0) is 24.0 Å². The maximum atomic E-state index is 5.86. The van der Waals surface area contributed by atoms with E-state index in [1.54, 1.807) is 14.2 Å². The molecule has 2 fully saturated rings. The first-order valence-corrected chi connectivity index (χ1v) is 10.9. The summed E-state index contributed by atoms with van der Waals surface area (Å²) in [6.07, 6.45) is 1.81. The minimum Gasteiger partial charge on any atom is -0.497 e. The lowest BCUT2D eigenvalue weighted by molar-refractivity contribution is 0.142. The summed E-state index contributed by atoms with van der Waals surface area (Å²) in [5.41, 5.74) is 3.83. The van der Waals surface area contributed by atoms with E-state index in [0.29, 0.717) is 26.4 Å². The van der Waals surface area contributed by atoms with Gasteiger partial charge in [0.05, 0.1) is 14.2 Å². The third-order valence-electron chi connectivity index (χ3n) is 6.06. The summed E-state index contributed by atoms with van der Waals surface area (Å²) in [7, 11) is 2.53. The van der Waals surface area contributed by atoms with Crippen LogP contribution in [0.5, 0.6) is 11.5 Å². The Bertz CT molecular complexity index is 820. The van der Waals surface area contributed by atoms with E-state index in [-0.39, 0.29) is 5.41 Å². The van der Waals surface area contributed by atoms with Gasteiger partial charge in [0, 0.05) is 42.8 Å². The SMILES string of the molecule is COc1ccc(C(C)(C)c2ccc(OC)c(B3OCCCO3)c2)cc1B1OCCCO1. The van der Waals surface area contributed by atoms with Gasteiger partial charge in [0.25, 0.3) is 0 Å².